The van der Waals surface area contributed by atoms with Gasteiger partial charge in [-0.2, -0.15) is 0 Å². The van der Waals surface area contributed by atoms with Gasteiger partial charge in [0.25, 0.3) is 0 Å². The Bertz CT molecular complexity index is 624. The molecule has 24 heavy (non-hydrogen) atoms. The molecule has 1 aromatic heterocycles. The zero-order chi connectivity index (χ0) is 17.0. The van der Waals surface area contributed by atoms with Gasteiger partial charge in [-0.3, -0.25) is 4.90 Å². The Hall–Kier alpha value is -1.72. The molecule has 3 rings (SSSR count). The van der Waals surface area contributed by atoms with Crippen molar-refractivity contribution in [2.75, 3.05) is 13.1 Å². The Balaban J connectivity index is 1.43. The van der Waals surface area contributed by atoms with Gasteiger partial charge in [0.15, 0.2) is 0 Å². The fourth-order valence-corrected chi connectivity index (χ4v) is 2.95. The van der Waals surface area contributed by atoms with Gasteiger partial charge >= 0.3 is 0 Å². The number of rotatable bonds is 5. The Morgan fingerprint density at radius 1 is 1.12 bits per heavy atom. The van der Waals surface area contributed by atoms with Crippen molar-refractivity contribution in [2.24, 2.45) is 0 Å². The van der Waals surface area contributed by atoms with E-state index in [-0.39, 0.29) is 5.54 Å². The lowest BCUT2D eigenvalue weighted by Gasteiger charge is -2.31. The lowest BCUT2D eigenvalue weighted by molar-refractivity contribution is -0.00415. The van der Waals surface area contributed by atoms with Gasteiger partial charge < -0.3 is 4.74 Å². The summed E-state index contributed by atoms with van der Waals surface area (Å²) in [4.78, 5) is 2.44. The van der Waals surface area contributed by atoms with Crippen LogP contribution in [0.15, 0.2) is 36.5 Å². The molecule has 0 atom stereocenters. The van der Waals surface area contributed by atoms with E-state index in [1.54, 1.807) is 0 Å². The molecule has 2 heterocycles. The van der Waals surface area contributed by atoms with Gasteiger partial charge in [-0.05, 0) is 39.2 Å². The van der Waals surface area contributed by atoms with Crippen LogP contribution in [0.25, 0.3) is 0 Å². The average Bonchev–Trinajstić information content (AvgIpc) is 3.04. The van der Waals surface area contributed by atoms with Crippen molar-refractivity contribution in [3.05, 3.63) is 47.8 Å². The molecule has 0 unspecified atom stereocenters. The number of hydrogen-bond acceptors (Lipinski definition) is 4. The Morgan fingerprint density at radius 2 is 1.83 bits per heavy atom. The molecule has 0 N–H and O–H groups in total. The molecule has 1 aliphatic heterocycles. The van der Waals surface area contributed by atoms with Gasteiger partial charge in [-0.1, -0.05) is 35.5 Å². The molecule has 0 radical (unpaired) electrons. The molecule has 1 aliphatic rings. The van der Waals surface area contributed by atoms with Crippen molar-refractivity contribution in [3.63, 3.8) is 0 Å². The zero-order valence-electron chi connectivity index (χ0n) is 15.0. The van der Waals surface area contributed by atoms with Gasteiger partial charge in [0.05, 0.1) is 30.1 Å². The smallest absolute Gasteiger partial charge is 0.0967 e. The molecular weight excluding hydrogens is 300 g/mol. The number of nitrogens with zero attached hydrogens (tertiary/aromatic N) is 4. The Kier molecular flexibility index (Phi) is 5.31. The number of piperidine rings is 1. The van der Waals surface area contributed by atoms with Gasteiger partial charge in [0.2, 0.25) is 0 Å². The molecular formula is C19H28N4O. The number of ether oxygens (including phenoxy) is 1. The van der Waals surface area contributed by atoms with Crippen LogP contribution in [0.2, 0.25) is 0 Å². The topological polar surface area (TPSA) is 43.2 Å². The number of aromatic nitrogens is 3. The van der Waals surface area contributed by atoms with E-state index in [1.807, 2.05) is 10.7 Å². The van der Waals surface area contributed by atoms with Crippen LogP contribution in [0.5, 0.6) is 0 Å². The maximum Gasteiger partial charge on any atom is 0.0967 e. The fraction of sp³-hybridized carbons (Fsp3) is 0.579. The van der Waals surface area contributed by atoms with Crippen molar-refractivity contribution < 1.29 is 4.74 Å². The van der Waals surface area contributed by atoms with E-state index in [1.165, 1.54) is 5.56 Å². The highest BCUT2D eigenvalue weighted by molar-refractivity contribution is 5.13. The normalized spacial score (nSPS) is 17.3. The molecule has 2 aromatic rings. The minimum absolute atomic E-state index is 0.0104. The highest BCUT2D eigenvalue weighted by Crippen LogP contribution is 2.18. The van der Waals surface area contributed by atoms with Crippen LogP contribution in [0.1, 0.15) is 44.9 Å². The van der Waals surface area contributed by atoms with E-state index >= 15 is 0 Å². The predicted molar refractivity (Wildman–Crippen MR) is 94.5 cm³/mol. The Morgan fingerprint density at radius 3 is 2.46 bits per heavy atom. The maximum absolute atomic E-state index is 6.06. The monoisotopic (exact) mass is 328 g/mol. The summed E-state index contributed by atoms with van der Waals surface area (Å²) in [5.41, 5.74) is 2.29. The highest BCUT2D eigenvalue weighted by Gasteiger charge is 2.21. The molecule has 5 nitrogen and oxygen atoms in total. The minimum Gasteiger partial charge on any atom is -0.373 e. The van der Waals surface area contributed by atoms with Crippen molar-refractivity contribution in [1.82, 2.24) is 19.9 Å². The maximum atomic E-state index is 6.06. The summed E-state index contributed by atoms with van der Waals surface area (Å²) in [6, 6.07) is 10.4. The van der Waals surface area contributed by atoms with Crippen molar-refractivity contribution in [2.45, 2.75) is 58.4 Å². The molecule has 0 bridgehead atoms. The molecule has 0 amide bonds. The molecule has 0 aliphatic carbocycles. The zero-order valence-corrected chi connectivity index (χ0v) is 15.0. The summed E-state index contributed by atoms with van der Waals surface area (Å²) in [7, 11) is 0. The minimum atomic E-state index is -0.0104. The third kappa shape index (κ3) is 4.65. The SMILES string of the molecule is CC(C)(C)n1cc(CN2CCC(OCc3ccccc3)CC2)nn1. The lowest BCUT2D eigenvalue weighted by Crippen LogP contribution is -2.36. The summed E-state index contributed by atoms with van der Waals surface area (Å²) in [5, 5.41) is 8.56. The fourth-order valence-electron chi connectivity index (χ4n) is 2.95. The molecule has 0 spiro atoms. The second-order valence-electron chi connectivity index (χ2n) is 7.60. The molecule has 1 fully saturated rings. The van der Waals surface area contributed by atoms with E-state index in [9.17, 15) is 0 Å². The summed E-state index contributed by atoms with van der Waals surface area (Å²) >= 11 is 0. The summed E-state index contributed by atoms with van der Waals surface area (Å²) in [6.07, 6.45) is 4.60. The van der Waals surface area contributed by atoms with Crippen LogP contribution < -0.4 is 0 Å². The van der Waals surface area contributed by atoms with Crippen molar-refractivity contribution in [1.29, 1.82) is 0 Å². The molecule has 1 saturated heterocycles. The highest BCUT2D eigenvalue weighted by atomic mass is 16.5. The number of likely N-dealkylation sites (tertiary alicyclic amines) is 1. The first-order chi connectivity index (χ1) is 11.5. The van der Waals surface area contributed by atoms with E-state index in [4.69, 9.17) is 4.74 Å². The summed E-state index contributed by atoms with van der Waals surface area (Å²) < 4.78 is 8.00. The van der Waals surface area contributed by atoms with Crippen LogP contribution in [0.3, 0.4) is 0 Å². The number of benzene rings is 1. The second-order valence-corrected chi connectivity index (χ2v) is 7.60. The third-order valence-electron chi connectivity index (χ3n) is 4.48. The second kappa shape index (κ2) is 7.45. The Labute approximate surface area is 144 Å². The van der Waals surface area contributed by atoms with Crippen molar-refractivity contribution in [3.8, 4) is 0 Å². The van der Waals surface area contributed by atoms with E-state index in [0.29, 0.717) is 12.7 Å². The van der Waals surface area contributed by atoms with Crippen molar-refractivity contribution >= 4 is 0 Å². The first kappa shape index (κ1) is 17.1. The third-order valence-corrected chi connectivity index (χ3v) is 4.48. The van der Waals surface area contributed by atoms with Crippen LogP contribution >= 0.6 is 0 Å². The predicted octanol–water partition coefficient (Wildman–Crippen LogP) is 3.21. The van der Waals surface area contributed by atoms with Crippen LogP contribution in [-0.2, 0) is 23.4 Å². The van der Waals surface area contributed by atoms with Crippen LogP contribution in [0, 0.1) is 0 Å². The standard InChI is InChI=1S/C19H28N4O/c1-19(2,3)23-14-17(20-21-23)13-22-11-9-18(10-12-22)24-15-16-7-5-4-6-8-16/h4-8,14,18H,9-13,15H2,1-3H3. The first-order valence-corrected chi connectivity index (χ1v) is 8.80. The quantitative estimate of drug-likeness (QED) is 0.845. The van der Waals surface area contributed by atoms with Gasteiger partial charge in [0.1, 0.15) is 0 Å². The summed E-state index contributed by atoms with van der Waals surface area (Å²) in [5.74, 6) is 0. The molecule has 0 saturated carbocycles. The molecule has 1 aromatic carbocycles. The largest absolute Gasteiger partial charge is 0.373 e. The van der Waals surface area contributed by atoms with E-state index in [0.717, 1.165) is 38.2 Å². The lowest BCUT2D eigenvalue weighted by atomic mass is 10.1. The van der Waals surface area contributed by atoms with Gasteiger partial charge in [0, 0.05) is 19.6 Å². The van der Waals surface area contributed by atoms with Gasteiger partial charge in [-0.15, -0.1) is 5.10 Å². The number of hydrogen-bond donors (Lipinski definition) is 0. The summed E-state index contributed by atoms with van der Waals surface area (Å²) in [6.45, 7) is 10.1. The first-order valence-electron chi connectivity index (χ1n) is 8.80. The van der Waals surface area contributed by atoms with E-state index in [2.05, 4.69) is 66.4 Å². The molecule has 130 valence electrons. The van der Waals surface area contributed by atoms with Crippen LogP contribution in [0.4, 0.5) is 0 Å². The molecule has 5 heteroatoms. The van der Waals surface area contributed by atoms with Crippen LogP contribution in [-0.4, -0.2) is 39.1 Å². The van der Waals surface area contributed by atoms with E-state index < -0.39 is 0 Å². The average molecular weight is 328 g/mol. The van der Waals surface area contributed by atoms with Gasteiger partial charge in [-0.25, -0.2) is 4.68 Å².